The normalized spacial score (nSPS) is 34.9. The number of hydrogen-bond donors (Lipinski definition) is 1. The van der Waals surface area contributed by atoms with Crippen LogP contribution in [0.3, 0.4) is 0 Å². The van der Waals surface area contributed by atoms with Crippen LogP contribution in [0.2, 0.25) is 0 Å². The van der Waals surface area contributed by atoms with E-state index in [4.69, 9.17) is 9.84 Å². The van der Waals surface area contributed by atoms with Crippen LogP contribution < -0.4 is 0 Å². The zero-order valence-electron chi connectivity index (χ0n) is 8.13. The summed E-state index contributed by atoms with van der Waals surface area (Å²) in [6.45, 7) is 0.825. The lowest BCUT2D eigenvalue weighted by molar-refractivity contribution is -0.149. The van der Waals surface area contributed by atoms with Crippen LogP contribution in [-0.4, -0.2) is 54.8 Å². The average Bonchev–Trinajstić information content (AvgIpc) is 2.61. The molecule has 0 bridgehead atoms. The number of sulfonamides is 1. The lowest BCUT2D eigenvalue weighted by atomic mass is 10.2. The van der Waals surface area contributed by atoms with Gasteiger partial charge in [-0.1, -0.05) is 0 Å². The molecule has 6 nitrogen and oxygen atoms in total. The second-order valence-electron chi connectivity index (χ2n) is 3.84. The van der Waals surface area contributed by atoms with Crippen molar-refractivity contribution in [3.8, 4) is 0 Å². The number of carboxylic acid groups (broad SMARTS) is 1. The third-order valence-corrected chi connectivity index (χ3v) is 4.60. The summed E-state index contributed by atoms with van der Waals surface area (Å²) in [4.78, 5) is 10.6. The van der Waals surface area contributed by atoms with Crippen LogP contribution in [0, 0.1) is 0 Å². The van der Waals surface area contributed by atoms with Crippen LogP contribution in [0.15, 0.2) is 0 Å². The van der Waals surface area contributed by atoms with Crippen molar-refractivity contribution in [3.05, 3.63) is 0 Å². The number of nitrogens with zero attached hydrogens (tertiary/aromatic N) is 1. The van der Waals surface area contributed by atoms with Gasteiger partial charge < -0.3 is 9.84 Å². The Morgan fingerprint density at radius 3 is 2.60 bits per heavy atom. The van der Waals surface area contributed by atoms with Gasteiger partial charge in [0.25, 0.3) is 0 Å². The van der Waals surface area contributed by atoms with Crippen LogP contribution in [-0.2, 0) is 19.6 Å². The van der Waals surface area contributed by atoms with Gasteiger partial charge in [-0.3, -0.25) is 0 Å². The lowest BCUT2D eigenvalue weighted by Gasteiger charge is -2.31. The maximum absolute atomic E-state index is 11.2. The molecule has 0 aromatic rings. The minimum Gasteiger partial charge on any atom is -0.479 e. The largest absolute Gasteiger partial charge is 0.479 e. The molecular formula is C8H13NO5S. The maximum atomic E-state index is 11.2. The first kappa shape index (κ1) is 10.8. The molecule has 2 heterocycles. The standard InChI is InChI=1S/C8H13NO5S/c10-8(11)7-2-1-6(14-7)5-9-3-4-15(9,12)13/h6-7H,1-5H2,(H,10,11). The smallest absolute Gasteiger partial charge is 0.332 e. The Hall–Kier alpha value is -0.660. The highest BCUT2D eigenvalue weighted by molar-refractivity contribution is 7.90. The van der Waals surface area contributed by atoms with E-state index < -0.39 is 22.1 Å². The van der Waals surface area contributed by atoms with Crippen LogP contribution in [0.1, 0.15) is 12.8 Å². The van der Waals surface area contributed by atoms with Crippen molar-refractivity contribution in [2.75, 3.05) is 18.8 Å². The topological polar surface area (TPSA) is 83.9 Å². The lowest BCUT2D eigenvalue weighted by Crippen LogP contribution is -2.50. The van der Waals surface area contributed by atoms with Gasteiger partial charge in [-0.05, 0) is 12.8 Å². The Bertz CT molecular complexity index is 365. The Morgan fingerprint density at radius 2 is 2.20 bits per heavy atom. The first-order valence-corrected chi connectivity index (χ1v) is 6.46. The molecule has 0 aliphatic carbocycles. The summed E-state index contributed by atoms with van der Waals surface area (Å²) in [6, 6.07) is 0. The minimum atomic E-state index is -3.04. The monoisotopic (exact) mass is 235 g/mol. The Balaban J connectivity index is 1.85. The van der Waals surface area contributed by atoms with Gasteiger partial charge in [0.2, 0.25) is 10.0 Å². The highest BCUT2D eigenvalue weighted by atomic mass is 32.2. The molecule has 0 spiro atoms. The number of aliphatic carboxylic acids is 1. The number of ether oxygens (including phenoxy) is 1. The van der Waals surface area contributed by atoms with E-state index >= 15 is 0 Å². The van der Waals surface area contributed by atoms with Crippen molar-refractivity contribution in [3.63, 3.8) is 0 Å². The molecule has 0 aromatic heterocycles. The second kappa shape index (κ2) is 3.73. The van der Waals surface area contributed by atoms with Gasteiger partial charge in [0.05, 0.1) is 11.9 Å². The molecule has 2 saturated heterocycles. The fraction of sp³-hybridized carbons (Fsp3) is 0.875. The van der Waals surface area contributed by atoms with Gasteiger partial charge in [-0.15, -0.1) is 0 Å². The summed E-state index contributed by atoms with van der Waals surface area (Å²) in [7, 11) is -3.04. The van der Waals surface area contributed by atoms with Crippen molar-refractivity contribution in [2.24, 2.45) is 0 Å². The highest BCUT2D eigenvalue weighted by Gasteiger charge is 2.38. The van der Waals surface area contributed by atoms with Gasteiger partial charge in [0, 0.05) is 13.1 Å². The molecule has 86 valence electrons. The summed E-state index contributed by atoms with van der Waals surface area (Å²) in [5.41, 5.74) is 0. The molecule has 2 atom stereocenters. The third-order valence-electron chi connectivity index (χ3n) is 2.78. The summed E-state index contributed by atoms with van der Waals surface area (Å²) in [5.74, 6) is -0.772. The molecule has 0 aromatic carbocycles. The number of hydrogen-bond acceptors (Lipinski definition) is 4. The number of carbonyl (C=O) groups is 1. The Labute approximate surface area is 87.9 Å². The van der Waals surface area contributed by atoms with E-state index in [0.29, 0.717) is 25.9 Å². The molecule has 2 aliphatic rings. The summed E-state index contributed by atoms with van der Waals surface area (Å²) < 4.78 is 28.9. The fourth-order valence-corrected chi connectivity index (χ4v) is 2.96. The van der Waals surface area contributed by atoms with E-state index in [2.05, 4.69) is 0 Å². The molecule has 2 rings (SSSR count). The molecule has 2 unspecified atom stereocenters. The molecule has 0 saturated carbocycles. The van der Waals surface area contributed by atoms with E-state index in [-0.39, 0.29) is 11.9 Å². The van der Waals surface area contributed by atoms with Crippen LogP contribution in [0.25, 0.3) is 0 Å². The van der Waals surface area contributed by atoms with Gasteiger partial charge in [0.15, 0.2) is 6.10 Å². The number of carboxylic acids is 1. The van der Waals surface area contributed by atoms with E-state index in [9.17, 15) is 13.2 Å². The maximum Gasteiger partial charge on any atom is 0.332 e. The zero-order valence-corrected chi connectivity index (χ0v) is 8.94. The van der Waals surface area contributed by atoms with Crippen LogP contribution in [0.4, 0.5) is 0 Å². The van der Waals surface area contributed by atoms with Gasteiger partial charge in [0.1, 0.15) is 0 Å². The van der Waals surface area contributed by atoms with Crippen LogP contribution in [0.5, 0.6) is 0 Å². The van der Waals surface area contributed by atoms with E-state index in [1.54, 1.807) is 0 Å². The molecule has 1 N–H and O–H groups in total. The van der Waals surface area contributed by atoms with Crippen molar-refractivity contribution >= 4 is 16.0 Å². The molecule has 15 heavy (non-hydrogen) atoms. The second-order valence-corrected chi connectivity index (χ2v) is 5.92. The molecular weight excluding hydrogens is 222 g/mol. The summed E-state index contributed by atoms with van der Waals surface area (Å²) in [5, 5.41) is 8.68. The van der Waals surface area contributed by atoms with Gasteiger partial charge >= 0.3 is 5.97 Å². The number of rotatable bonds is 3. The first-order valence-electron chi connectivity index (χ1n) is 4.85. The molecule has 7 heteroatoms. The SMILES string of the molecule is O=C(O)C1CCC(CN2CCS2(=O)=O)O1. The minimum absolute atomic E-state index is 0.197. The highest BCUT2D eigenvalue weighted by Crippen LogP contribution is 2.23. The fourth-order valence-electron chi connectivity index (χ4n) is 1.82. The third kappa shape index (κ3) is 2.14. The summed E-state index contributed by atoms with van der Waals surface area (Å²) >= 11 is 0. The van der Waals surface area contributed by atoms with Gasteiger partial charge in [-0.2, -0.15) is 4.31 Å². The predicted octanol–water partition coefficient (Wildman–Crippen LogP) is -0.736. The average molecular weight is 235 g/mol. The van der Waals surface area contributed by atoms with E-state index in [1.165, 1.54) is 4.31 Å². The van der Waals surface area contributed by atoms with Crippen LogP contribution >= 0.6 is 0 Å². The van der Waals surface area contributed by atoms with E-state index in [1.807, 2.05) is 0 Å². The molecule has 0 amide bonds. The zero-order chi connectivity index (χ0) is 11.1. The Kier molecular flexibility index (Phi) is 2.70. The molecule has 0 radical (unpaired) electrons. The quantitative estimate of drug-likeness (QED) is 0.696. The van der Waals surface area contributed by atoms with Gasteiger partial charge in [-0.25, -0.2) is 13.2 Å². The van der Waals surface area contributed by atoms with Crippen molar-refractivity contribution in [1.29, 1.82) is 0 Å². The molecule has 2 aliphatic heterocycles. The van der Waals surface area contributed by atoms with Crippen molar-refractivity contribution < 1.29 is 23.1 Å². The predicted molar refractivity (Wildman–Crippen MR) is 50.9 cm³/mol. The van der Waals surface area contributed by atoms with Crippen molar-refractivity contribution in [2.45, 2.75) is 25.0 Å². The Morgan fingerprint density at radius 1 is 1.47 bits per heavy atom. The van der Waals surface area contributed by atoms with E-state index in [0.717, 1.165) is 0 Å². The summed E-state index contributed by atoms with van der Waals surface area (Å²) in [6.07, 6.45) is 0.0526. The first-order chi connectivity index (χ1) is 6.99. The molecule has 2 fully saturated rings. The van der Waals surface area contributed by atoms with Crippen molar-refractivity contribution in [1.82, 2.24) is 4.31 Å².